The summed E-state index contributed by atoms with van der Waals surface area (Å²) in [7, 11) is 0. The van der Waals surface area contributed by atoms with Gasteiger partial charge in [-0.3, -0.25) is 4.79 Å². The highest BCUT2D eigenvalue weighted by Gasteiger charge is 2.19. The molecule has 0 unspecified atom stereocenters. The Labute approximate surface area is 126 Å². The number of hydrogen-bond acceptors (Lipinski definition) is 2. The molecule has 0 aliphatic carbocycles. The van der Waals surface area contributed by atoms with Crippen molar-refractivity contribution in [2.75, 3.05) is 0 Å². The molecule has 2 nitrogen and oxygen atoms in total. The quantitative estimate of drug-likeness (QED) is 0.846. The molecule has 2 rings (SSSR count). The maximum absolute atomic E-state index is 12.7. The van der Waals surface area contributed by atoms with Crippen molar-refractivity contribution in [2.45, 2.75) is 41.0 Å². The zero-order valence-corrected chi connectivity index (χ0v) is 13.4. The molecule has 0 saturated carbocycles. The van der Waals surface area contributed by atoms with Crippen LogP contribution in [0.4, 0.5) is 0 Å². The molecule has 0 radical (unpaired) electrons. The number of rotatable bonds is 3. The number of ketones is 1. The lowest BCUT2D eigenvalue weighted by Crippen LogP contribution is -2.07. The molecular weight excluding hydrogens is 260 g/mol. The van der Waals surface area contributed by atoms with E-state index in [4.69, 9.17) is 0 Å². The van der Waals surface area contributed by atoms with Crippen LogP contribution in [0, 0.1) is 27.7 Å². The lowest BCUT2D eigenvalue weighted by Gasteiger charge is -2.14. The van der Waals surface area contributed by atoms with Crippen LogP contribution in [0.2, 0.25) is 0 Å². The molecular formula is C19H22O2. The molecule has 0 fully saturated rings. The van der Waals surface area contributed by atoms with Crippen molar-refractivity contribution in [3.63, 3.8) is 0 Å². The summed E-state index contributed by atoms with van der Waals surface area (Å²) in [5.41, 5.74) is 6.10. The Morgan fingerprint density at radius 2 is 1.67 bits per heavy atom. The number of hydrogen-bond donors (Lipinski definition) is 1. The Morgan fingerprint density at radius 1 is 1.00 bits per heavy atom. The van der Waals surface area contributed by atoms with E-state index in [1.54, 1.807) is 0 Å². The first-order chi connectivity index (χ1) is 9.86. The van der Waals surface area contributed by atoms with Crippen LogP contribution in [0.5, 0.6) is 5.75 Å². The monoisotopic (exact) mass is 282 g/mol. The van der Waals surface area contributed by atoms with E-state index in [1.807, 2.05) is 52.0 Å². The molecule has 0 bridgehead atoms. The zero-order valence-electron chi connectivity index (χ0n) is 13.4. The molecule has 0 spiro atoms. The third kappa shape index (κ3) is 2.71. The first kappa shape index (κ1) is 15.3. The number of aryl methyl sites for hydroxylation is 3. The van der Waals surface area contributed by atoms with Gasteiger partial charge in [-0.1, -0.05) is 30.7 Å². The van der Waals surface area contributed by atoms with Gasteiger partial charge in [-0.15, -0.1) is 0 Å². The van der Waals surface area contributed by atoms with E-state index in [0.29, 0.717) is 11.1 Å². The van der Waals surface area contributed by atoms with E-state index in [-0.39, 0.29) is 11.5 Å². The van der Waals surface area contributed by atoms with Gasteiger partial charge in [0.25, 0.3) is 0 Å². The normalized spacial score (nSPS) is 10.7. The van der Waals surface area contributed by atoms with Crippen LogP contribution in [0.3, 0.4) is 0 Å². The highest BCUT2D eigenvalue weighted by atomic mass is 16.3. The minimum atomic E-state index is -0.112. The number of carbonyl (C=O) groups is 1. The predicted molar refractivity (Wildman–Crippen MR) is 86.3 cm³/mol. The second kappa shape index (κ2) is 5.72. The first-order valence-electron chi connectivity index (χ1n) is 7.30. The van der Waals surface area contributed by atoms with E-state index in [0.717, 1.165) is 34.2 Å². The fourth-order valence-electron chi connectivity index (χ4n) is 2.94. The lowest BCUT2D eigenvalue weighted by molar-refractivity contribution is 0.103. The van der Waals surface area contributed by atoms with Crippen LogP contribution in [0.1, 0.15) is 50.7 Å². The Hall–Kier alpha value is -2.09. The summed E-state index contributed by atoms with van der Waals surface area (Å²) in [5, 5.41) is 10.4. The summed E-state index contributed by atoms with van der Waals surface area (Å²) in [5.74, 6) is 0.00118. The smallest absolute Gasteiger partial charge is 0.197 e. The Morgan fingerprint density at radius 3 is 2.24 bits per heavy atom. The molecule has 1 N–H and O–H groups in total. The van der Waals surface area contributed by atoms with Gasteiger partial charge in [0.2, 0.25) is 0 Å². The van der Waals surface area contributed by atoms with Crippen molar-refractivity contribution < 1.29 is 9.90 Å². The molecule has 0 saturated heterocycles. The molecule has 0 atom stereocenters. The third-order valence-electron chi connectivity index (χ3n) is 4.12. The van der Waals surface area contributed by atoms with Crippen LogP contribution in [-0.4, -0.2) is 10.9 Å². The van der Waals surface area contributed by atoms with Gasteiger partial charge < -0.3 is 5.11 Å². The van der Waals surface area contributed by atoms with Crippen LogP contribution in [0.25, 0.3) is 0 Å². The van der Waals surface area contributed by atoms with Crippen molar-refractivity contribution in [2.24, 2.45) is 0 Å². The van der Waals surface area contributed by atoms with Crippen molar-refractivity contribution in [1.82, 2.24) is 0 Å². The largest absolute Gasteiger partial charge is 0.507 e. The van der Waals surface area contributed by atoms with E-state index in [2.05, 4.69) is 6.92 Å². The van der Waals surface area contributed by atoms with Gasteiger partial charge in [-0.25, -0.2) is 0 Å². The summed E-state index contributed by atoms with van der Waals surface area (Å²) < 4.78 is 0. The highest BCUT2D eigenvalue weighted by Crippen LogP contribution is 2.31. The molecule has 0 amide bonds. The molecule has 110 valence electrons. The minimum Gasteiger partial charge on any atom is -0.507 e. The molecule has 2 aromatic carbocycles. The SMILES string of the molecule is CCc1c(C)cc(C(=O)c2ccc(C)cc2C)c(O)c1C. The number of phenolic OH excluding ortho intramolecular Hbond substituents is 1. The van der Waals surface area contributed by atoms with Gasteiger partial charge in [-0.05, 0) is 62.4 Å². The summed E-state index contributed by atoms with van der Waals surface area (Å²) in [6.45, 7) is 9.85. The molecule has 0 aliphatic rings. The average Bonchev–Trinajstić information content (AvgIpc) is 2.43. The van der Waals surface area contributed by atoms with Crippen LogP contribution < -0.4 is 0 Å². The van der Waals surface area contributed by atoms with Gasteiger partial charge in [0.1, 0.15) is 5.75 Å². The zero-order chi connectivity index (χ0) is 15.7. The van der Waals surface area contributed by atoms with Crippen molar-refractivity contribution >= 4 is 5.78 Å². The van der Waals surface area contributed by atoms with Gasteiger partial charge >= 0.3 is 0 Å². The standard InChI is InChI=1S/C19H22O2/c1-6-15-13(4)10-17(18(20)14(15)5)19(21)16-8-7-11(2)9-12(16)3/h7-10,20H,6H2,1-5H3. The highest BCUT2D eigenvalue weighted by molar-refractivity contribution is 6.12. The summed E-state index contributed by atoms with van der Waals surface area (Å²) >= 11 is 0. The fourth-order valence-corrected chi connectivity index (χ4v) is 2.94. The molecule has 21 heavy (non-hydrogen) atoms. The van der Waals surface area contributed by atoms with Crippen molar-refractivity contribution in [1.29, 1.82) is 0 Å². The maximum atomic E-state index is 12.7. The Kier molecular flexibility index (Phi) is 4.17. The second-order valence-corrected chi connectivity index (χ2v) is 5.69. The molecule has 2 aromatic rings. The lowest BCUT2D eigenvalue weighted by atomic mass is 9.91. The third-order valence-corrected chi connectivity index (χ3v) is 4.12. The van der Waals surface area contributed by atoms with Crippen LogP contribution in [-0.2, 0) is 6.42 Å². The molecule has 2 heteroatoms. The predicted octanol–water partition coefficient (Wildman–Crippen LogP) is 4.42. The molecule has 0 aromatic heterocycles. The van der Waals surface area contributed by atoms with E-state index >= 15 is 0 Å². The topological polar surface area (TPSA) is 37.3 Å². The summed E-state index contributed by atoms with van der Waals surface area (Å²) in [6, 6.07) is 7.56. The van der Waals surface area contributed by atoms with Crippen LogP contribution >= 0.6 is 0 Å². The van der Waals surface area contributed by atoms with Gasteiger partial charge in [0, 0.05) is 5.56 Å². The number of carbonyl (C=O) groups excluding carboxylic acids is 1. The molecule has 0 heterocycles. The molecule has 0 aliphatic heterocycles. The Balaban J connectivity index is 2.59. The minimum absolute atomic E-state index is 0.112. The first-order valence-corrected chi connectivity index (χ1v) is 7.30. The van der Waals surface area contributed by atoms with Crippen molar-refractivity contribution in [3.05, 3.63) is 63.2 Å². The summed E-state index contributed by atoms with van der Waals surface area (Å²) in [4.78, 5) is 12.7. The second-order valence-electron chi connectivity index (χ2n) is 5.69. The van der Waals surface area contributed by atoms with Gasteiger partial charge in [0.05, 0.1) is 5.56 Å². The Bertz CT molecular complexity index is 712. The number of benzene rings is 2. The van der Waals surface area contributed by atoms with Gasteiger partial charge in [-0.2, -0.15) is 0 Å². The van der Waals surface area contributed by atoms with Crippen molar-refractivity contribution in [3.8, 4) is 5.75 Å². The maximum Gasteiger partial charge on any atom is 0.197 e. The average molecular weight is 282 g/mol. The van der Waals surface area contributed by atoms with E-state index in [1.165, 1.54) is 0 Å². The van der Waals surface area contributed by atoms with E-state index < -0.39 is 0 Å². The number of phenols is 1. The van der Waals surface area contributed by atoms with Crippen LogP contribution in [0.15, 0.2) is 24.3 Å². The number of aromatic hydroxyl groups is 1. The fraction of sp³-hybridized carbons (Fsp3) is 0.316. The van der Waals surface area contributed by atoms with Gasteiger partial charge in [0.15, 0.2) is 5.78 Å². The summed E-state index contributed by atoms with van der Waals surface area (Å²) in [6.07, 6.45) is 0.850. The van der Waals surface area contributed by atoms with E-state index in [9.17, 15) is 9.90 Å².